The molecule has 1 aliphatic heterocycles. The average Bonchev–Trinajstić information content (AvgIpc) is 3.08. The summed E-state index contributed by atoms with van der Waals surface area (Å²) in [6, 6.07) is 13.7. The minimum atomic E-state index is 0.0965. The summed E-state index contributed by atoms with van der Waals surface area (Å²) in [5, 5.41) is 1.21. The Morgan fingerprint density at radius 3 is 2.47 bits per heavy atom. The molecule has 0 atom stereocenters. The number of halogens is 2. The number of imidazole rings is 1. The molecule has 1 aromatic heterocycles. The summed E-state index contributed by atoms with van der Waals surface area (Å²) in [5.74, 6) is 0.885. The number of carbonyl (C=O) groups excluding carboxylic acids is 1. The van der Waals surface area contributed by atoms with Gasteiger partial charge in [-0.1, -0.05) is 41.4 Å². The predicted octanol–water partition coefficient (Wildman–Crippen LogP) is 4.49. The Labute approximate surface area is 187 Å². The van der Waals surface area contributed by atoms with Crippen LogP contribution in [-0.2, 0) is 17.8 Å². The van der Waals surface area contributed by atoms with Crippen LogP contribution in [-0.4, -0.2) is 58.5 Å². The Balaban J connectivity index is 1.63. The average molecular weight is 445 g/mol. The van der Waals surface area contributed by atoms with E-state index >= 15 is 0 Å². The lowest BCUT2D eigenvalue weighted by molar-refractivity contribution is -0.133. The maximum absolute atomic E-state index is 13.2. The standard InChI is InChI=1S/C23H26Cl2N4O/c1-27-12-10-16(11-13-27)28(2)23(30)15-29-21-9-4-3-8-20(21)26-22(29)14-17-18(24)6-5-7-19(17)25/h3-9,16H,10-15H2,1-2H3. The van der Waals surface area contributed by atoms with Gasteiger partial charge >= 0.3 is 0 Å². The third-order valence-electron chi connectivity index (χ3n) is 6.05. The smallest absolute Gasteiger partial charge is 0.242 e. The summed E-state index contributed by atoms with van der Waals surface area (Å²) < 4.78 is 2.00. The quantitative estimate of drug-likeness (QED) is 0.581. The monoisotopic (exact) mass is 444 g/mol. The van der Waals surface area contributed by atoms with Gasteiger partial charge in [-0.2, -0.15) is 0 Å². The van der Waals surface area contributed by atoms with Crippen molar-refractivity contribution in [3.8, 4) is 0 Å². The van der Waals surface area contributed by atoms with Crippen LogP contribution in [0.15, 0.2) is 42.5 Å². The normalized spacial score (nSPS) is 15.6. The fourth-order valence-corrected chi connectivity index (χ4v) is 4.66. The van der Waals surface area contributed by atoms with Gasteiger partial charge in [0, 0.05) is 29.6 Å². The number of likely N-dealkylation sites (N-methyl/N-ethyl adjacent to an activating group) is 1. The highest BCUT2D eigenvalue weighted by molar-refractivity contribution is 6.36. The molecule has 4 rings (SSSR count). The number of piperidine rings is 1. The van der Waals surface area contributed by atoms with Crippen molar-refractivity contribution < 1.29 is 4.79 Å². The van der Waals surface area contributed by atoms with E-state index in [1.54, 1.807) is 0 Å². The van der Waals surface area contributed by atoms with Crippen molar-refractivity contribution in [3.05, 3.63) is 63.9 Å². The molecule has 7 heteroatoms. The van der Waals surface area contributed by atoms with Crippen molar-refractivity contribution in [1.82, 2.24) is 19.4 Å². The molecule has 158 valence electrons. The highest BCUT2D eigenvalue weighted by atomic mass is 35.5. The largest absolute Gasteiger partial charge is 0.341 e. The Morgan fingerprint density at radius 1 is 1.10 bits per heavy atom. The molecule has 0 radical (unpaired) electrons. The van der Waals surface area contributed by atoms with Gasteiger partial charge in [-0.3, -0.25) is 4.79 Å². The number of carbonyl (C=O) groups is 1. The van der Waals surface area contributed by atoms with Crippen molar-refractivity contribution >= 4 is 40.1 Å². The van der Waals surface area contributed by atoms with Crippen LogP contribution in [0.2, 0.25) is 10.0 Å². The minimum absolute atomic E-state index is 0.0965. The van der Waals surface area contributed by atoms with Crippen LogP contribution in [0.3, 0.4) is 0 Å². The van der Waals surface area contributed by atoms with E-state index in [9.17, 15) is 4.79 Å². The first-order valence-corrected chi connectivity index (χ1v) is 11.0. The van der Waals surface area contributed by atoms with Crippen LogP contribution in [0, 0.1) is 0 Å². The summed E-state index contributed by atoms with van der Waals surface area (Å²) in [7, 11) is 4.05. The molecule has 1 aliphatic rings. The van der Waals surface area contributed by atoms with Crippen LogP contribution in [0.25, 0.3) is 11.0 Å². The Bertz CT molecular complexity index is 1040. The van der Waals surface area contributed by atoms with Gasteiger partial charge in [0.1, 0.15) is 12.4 Å². The fraction of sp³-hybridized carbons (Fsp3) is 0.391. The number of fused-ring (bicyclic) bond motifs is 1. The fourth-order valence-electron chi connectivity index (χ4n) is 4.13. The van der Waals surface area contributed by atoms with Crippen LogP contribution in [0.5, 0.6) is 0 Å². The Kier molecular flexibility index (Phi) is 6.32. The minimum Gasteiger partial charge on any atom is -0.341 e. The molecule has 3 aromatic rings. The van der Waals surface area contributed by atoms with E-state index in [2.05, 4.69) is 11.9 Å². The number of amides is 1. The molecule has 0 unspecified atom stereocenters. The number of likely N-dealkylation sites (tertiary alicyclic amines) is 1. The molecular weight excluding hydrogens is 419 g/mol. The Morgan fingerprint density at radius 2 is 1.77 bits per heavy atom. The van der Waals surface area contributed by atoms with E-state index in [0.717, 1.165) is 48.4 Å². The highest BCUT2D eigenvalue weighted by Crippen LogP contribution is 2.28. The molecule has 30 heavy (non-hydrogen) atoms. The van der Waals surface area contributed by atoms with Gasteiger partial charge in [-0.25, -0.2) is 4.98 Å². The second-order valence-corrected chi connectivity index (χ2v) is 8.83. The summed E-state index contributed by atoms with van der Waals surface area (Å²) in [4.78, 5) is 22.2. The maximum Gasteiger partial charge on any atom is 0.242 e. The van der Waals surface area contributed by atoms with Gasteiger partial charge in [0.25, 0.3) is 0 Å². The van der Waals surface area contributed by atoms with Crippen LogP contribution in [0.1, 0.15) is 24.2 Å². The molecule has 1 saturated heterocycles. The lowest BCUT2D eigenvalue weighted by Gasteiger charge is -2.35. The van der Waals surface area contributed by atoms with Gasteiger partial charge in [-0.15, -0.1) is 0 Å². The number of benzene rings is 2. The zero-order valence-corrected chi connectivity index (χ0v) is 18.8. The van der Waals surface area contributed by atoms with Crippen LogP contribution < -0.4 is 0 Å². The Hall–Kier alpha value is -2.08. The van der Waals surface area contributed by atoms with Gasteiger partial charge in [0.05, 0.1) is 11.0 Å². The van der Waals surface area contributed by atoms with Crippen molar-refractivity contribution in [1.29, 1.82) is 0 Å². The molecule has 2 aromatic carbocycles. The molecular formula is C23H26Cl2N4O. The van der Waals surface area contributed by atoms with Crippen molar-refractivity contribution in [2.45, 2.75) is 31.8 Å². The molecule has 0 saturated carbocycles. The SMILES string of the molecule is CN1CCC(N(C)C(=O)Cn2c(Cc3c(Cl)cccc3Cl)nc3ccccc32)CC1. The zero-order chi connectivity index (χ0) is 21.3. The van der Waals surface area contributed by atoms with E-state index in [1.165, 1.54) is 0 Å². The summed E-state index contributed by atoms with van der Waals surface area (Å²) >= 11 is 12.8. The molecule has 0 spiro atoms. The molecule has 0 aliphatic carbocycles. The van der Waals surface area contributed by atoms with Crippen LogP contribution >= 0.6 is 23.2 Å². The van der Waals surface area contributed by atoms with Crippen molar-refractivity contribution in [3.63, 3.8) is 0 Å². The first-order valence-electron chi connectivity index (χ1n) is 10.2. The predicted molar refractivity (Wildman–Crippen MR) is 122 cm³/mol. The molecule has 1 fully saturated rings. The van der Waals surface area contributed by atoms with E-state index < -0.39 is 0 Å². The lowest BCUT2D eigenvalue weighted by Crippen LogP contribution is -2.45. The van der Waals surface area contributed by atoms with Crippen LogP contribution in [0.4, 0.5) is 0 Å². The molecule has 5 nitrogen and oxygen atoms in total. The third kappa shape index (κ3) is 4.34. The molecule has 0 bridgehead atoms. The van der Waals surface area contributed by atoms with Gasteiger partial charge in [0.2, 0.25) is 5.91 Å². The summed E-state index contributed by atoms with van der Waals surface area (Å²) in [6.45, 7) is 2.29. The van der Waals surface area contributed by atoms with Crippen molar-refractivity contribution in [2.75, 3.05) is 27.2 Å². The first kappa shape index (κ1) is 21.2. The molecule has 0 N–H and O–H groups in total. The van der Waals surface area contributed by atoms with Gasteiger partial charge in [0.15, 0.2) is 0 Å². The number of rotatable bonds is 5. The number of hydrogen-bond acceptors (Lipinski definition) is 3. The number of hydrogen-bond donors (Lipinski definition) is 0. The first-order chi connectivity index (χ1) is 14.4. The zero-order valence-electron chi connectivity index (χ0n) is 17.3. The van der Waals surface area contributed by atoms with E-state index in [4.69, 9.17) is 28.2 Å². The maximum atomic E-state index is 13.2. The molecule has 2 heterocycles. The topological polar surface area (TPSA) is 41.4 Å². The van der Waals surface area contributed by atoms with E-state index in [-0.39, 0.29) is 18.5 Å². The van der Waals surface area contributed by atoms with Gasteiger partial charge in [-0.05, 0) is 62.8 Å². The number of nitrogens with zero attached hydrogens (tertiary/aromatic N) is 4. The number of aromatic nitrogens is 2. The van der Waals surface area contributed by atoms with Crippen molar-refractivity contribution in [2.24, 2.45) is 0 Å². The summed E-state index contributed by atoms with van der Waals surface area (Å²) in [6.07, 6.45) is 2.48. The second kappa shape index (κ2) is 8.96. The number of para-hydroxylation sites is 2. The second-order valence-electron chi connectivity index (χ2n) is 8.02. The highest BCUT2D eigenvalue weighted by Gasteiger charge is 2.25. The lowest BCUT2D eigenvalue weighted by atomic mass is 10.0. The molecule has 1 amide bonds. The van der Waals surface area contributed by atoms with E-state index in [1.807, 2.05) is 59.0 Å². The van der Waals surface area contributed by atoms with E-state index in [0.29, 0.717) is 16.5 Å². The van der Waals surface area contributed by atoms with Gasteiger partial charge < -0.3 is 14.4 Å². The third-order valence-corrected chi connectivity index (χ3v) is 6.76. The summed E-state index contributed by atoms with van der Waals surface area (Å²) in [5.41, 5.74) is 2.64.